The Hall–Kier alpha value is -3.56. The molecule has 174 valence electrons. The summed E-state index contributed by atoms with van der Waals surface area (Å²) < 4.78 is 15.4. The molecule has 0 saturated carbocycles. The SMILES string of the molecule is CN(C)C(CNC(=O)c1ccccc1SCc1nnnn1-c1ccccc1)c1cccc(F)c1. The Balaban J connectivity index is 1.45. The second-order valence-electron chi connectivity index (χ2n) is 7.87. The molecule has 7 nitrogen and oxygen atoms in total. The fourth-order valence-electron chi connectivity index (χ4n) is 3.58. The molecule has 1 amide bonds. The number of amides is 1. The van der Waals surface area contributed by atoms with E-state index >= 15 is 0 Å². The summed E-state index contributed by atoms with van der Waals surface area (Å²) in [5.74, 6) is 0.699. The van der Waals surface area contributed by atoms with Gasteiger partial charge in [-0.25, -0.2) is 4.39 Å². The number of carbonyl (C=O) groups excluding carboxylic acids is 1. The minimum atomic E-state index is -0.296. The van der Waals surface area contributed by atoms with Gasteiger partial charge in [-0.1, -0.05) is 42.5 Å². The smallest absolute Gasteiger partial charge is 0.252 e. The number of nitrogens with zero attached hydrogens (tertiary/aromatic N) is 5. The summed E-state index contributed by atoms with van der Waals surface area (Å²) in [4.78, 5) is 15.9. The molecule has 34 heavy (non-hydrogen) atoms. The number of benzene rings is 3. The molecule has 1 heterocycles. The normalized spacial score (nSPS) is 12.0. The van der Waals surface area contributed by atoms with Crippen LogP contribution in [0.25, 0.3) is 5.69 Å². The highest BCUT2D eigenvalue weighted by molar-refractivity contribution is 7.98. The van der Waals surface area contributed by atoms with Gasteiger partial charge >= 0.3 is 0 Å². The summed E-state index contributed by atoms with van der Waals surface area (Å²) in [5, 5.41) is 15.0. The number of nitrogens with one attached hydrogen (secondary N) is 1. The van der Waals surface area contributed by atoms with Gasteiger partial charge < -0.3 is 10.2 Å². The topological polar surface area (TPSA) is 75.9 Å². The van der Waals surface area contributed by atoms with Gasteiger partial charge in [0.15, 0.2) is 5.82 Å². The molecule has 9 heteroatoms. The summed E-state index contributed by atoms with van der Waals surface area (Å²) in [7, 11) is 3.81. The van der Waals surface area contributed by atoms with Crippen LogP contribution in [0.2, 0.25) is 0 Å². The molecular formula is C25H25FN6OS. The van der Waals surface area contributed by atoms with Crippen LogP contribution in [0.15, 0.2) is 83.8 Å². The number of hydrogen-bond acceptors (Lipinski definition) is 6. The van der Waals surface area contributed by atoms with Crippen LogP contribution in [-0.2, 0) is 5.75 Å². The van der Waals surface area contributed by atoms with Crippen molar-refractivity contribution in [3.05, 3.63) is 102 Å². The number of thioether (sulfide) groups is 1. The van der Waals surface area contributed by atoms with Crippen LogP contribution in [0, 0.1) is 5.82 Å². The monoisotopic (exact) mass is 476 g/mol. The van der Waals surface area contributed by atoms with Gasteiger partial charge in [0.1, 0.15) is 5.82 Å². The van der Waals surface area contributed by atoms with Crippen LogP contribution in [0.1, 0.15) is 27.8 Å². The predicted octanol–water partition coefficient (Wildman–Crippen LogP) is 4.13. The van der Waals surface area contributed by atoms with Gasteiger partial charge in [0.05, 0.1) is 23.0 Å². The third-order valence-corrected chi connectivity index (χ3v) is 6.41. The number of para-hydroxylation sites is 1. The zero-order chi connectivity index (χ0) is 23.9. The molecule has 0 radical (unpaired) electrons. The lowest BCUT2D eigenvalue weighted by atomic mass is 10.1. The lowest BCUT2D eigenvalue weighted by Crippen LogP contribution is -2.34. The van der Waals surface area contributed by atoms with Gasteiger partial charge in [-0.05, 0) is 66.5 Å². The molecule has 4 aromatic rings. The molecular weight excluding hydrogens is 451 g/mol. The van der Waals surface area contributed by atoms with Gasteiger partial charge in [0, 0.05) is 11.4 Å². The van der Waals surface area contributed by atoms with Crippen LogP contribution >= 0.6 is 11.8 Å². The minimum absolute atomic E-state index is 0.157. The van der Waals surface area contributed by atoms with Crippen LogP contribution in [-0.4, -0.2) is 51.7 Å². The van der Waals surface area contributed by atoms with Crippen molar-refractivity contribution >= 4 is 17.7 Å². The highest BCUT2D eigenvalue weighted by Crippen LogP contribution is 2.26. The first-order valence-corrected chi connectivity index (χ1v) is 11.8. The molecule has 1 aromatic heterocycles. The molecule has 0 spiro atoms. The largest absolute Gasteiger partial charge is 0.350 e. The van der Waals surface area contributed by atoms with Crippen LogP contribution in [0.5, 0.6) is 0 Å². The van der Waals surface area contributed by atoms with Gasteiger partial charge in [-0.15, -0.1) is 16.9 Å². The van der Waals surface area contributed by atoms with Crippen LogP contribution in [0.3, 0.4) is 0 Å². The first-order valence-electron chi connectivity index (χ1n) is 10.8. The van der Waals surface area contributed by atoms with Gasteiger partial charge in [-0.2, -0.15) is 4.68 Å². The number of rotatable bonds is 9. The van der Waals surface area contributed by atoms with E-state index in [0.29, 0.717) is 23.7 Å². The Bertz CT molecular complexity index is 1250. The molecule has 3 aromatic carbocycles. The molecule has 4 rings (SSSR count). The highest BCUT2D eigenvalue weighted by Gasteiger charge is 2.18. The van der Waals surface area contributed by atoms with Crippen LogP contribution in [0.4, 0.5) is 4.39 Å². The molecule has 1 N–H and O–H groups in total. The summed E-state index contributed by atoms with van der Waals surface area (Å²) in [6.07, 6.45) is 0. The lowest BCUT2D eigenvalue weighted by molar-refractivity contribution is 0.0939. The Morgan fingerprint density at radius 3 is 2.59 bits per heavy atom. The molecule has 0 bridgehead atoms. The fourth-order valence-corrected chi connectivity index (χ4v) is 4.54. The standard InChI is InChI=1S/C25H25FN6OS/c1-31(2)22(18-9-8-10-19(26)15-18)16-27-25(33)21-13-6-7-14-23(21)34-17-24-28-29-30-32(24)20-11-4-3-5-12-20/h3-15,22H,16-17H2,1-2H3,(H,27,33). The van der Waals surface area contributed by atoms with Crippen molar-refractivity contribution in [2.45, 2.75) is 16.7 Å². The van der Waals surface area contributed by atoms with E-state index in [9.17, 15) is 9.18 Å². The van der Waals surface area contributed by atoms with E-state index in [4.69, 9.17) is 0 Å². The lowest BCUT2D eigenvalue weighted by Gasteiger charge is -2.25. The molecule has 0 aliphatic heterocycles. The quantitative estimate of drug-likeness (QED) is 0.366. The van der Waals surface area contributed by atoms with E-state index in [0.717, 1.165) is 16.1 Å². The zero-order valence-electron chi connectivity index (χ0n) is 18.9. The third kappa shape index (κ3) is 5.67. The second-order valence-corrected chi connectivity index (χ2v) is 8.89. The maximum Gasteiger partial charge on any atom is 0.252 e. The van der Waals surface area contributed by atoms with Crippen LogP contribution < -0.4 is 5.32 Å². The Morgan fingerprint density at radius 2 is 1.82 bits per heavy atom. The van der Waals surface area contributed by atoms with E-state index in [2.05, 4.69) is 20.8 Å². The number of likely N-dealkylation sites (N-methyl/N-ethyl adjacent to an activating group) is 1. The van der Waals surface area contributed by atoms with E-state index in [1.54, 1.807) is 16.8 Å². The summed E-state index contributed by atoms with van der Waals surface area (Å²) in [6.45, 7) is 0.348. The maximum absolute atomic E-state index is 13.7. The Labute approximate surface area is 202 Å². The summed E-state index contributed by atoms with van der Waals surface area (Å²) in [6, 6.07) is 23.4. The van der Waals surface area contributed by atoms with Gasteiger partial charge in [0.2, 0.25) is 0 Å². The first-order chi connectivity index (χ1) is 16.5. The number of hydrogen-bond donors (Lipinski definition) is 1. The Kier molecular flexibility index (Phi) is 7.66. The highest BCUT2D eigenvalue weighted by atomic mass is 32.2. The van der Waals surface area contributed by atoms with Crippen molar-refractivity contribution in [1.29, 1.82) is 0 Å². The molecule has 0 aliphatic rings. The first kappa shape index (κ1) is 23.6. The minimum Gasteiger partial charge on any atom is -0.350 e. The van der Waals surface area contributed by atoms with Gasteiger partial charge in [0.25, 0.3) is 5.91 Å². The number of carbonyl (C=O) groups is 1. The average Bonchev–Trinajstić information content (AvgIpc) is 3.32. The number of tetrazole rings is 1. The summed E-state index contributed by atoms with van der Waals surface area (Å²) in [5.41, 5.74) is 2.25. The van der Waals surface area contributed by atoms with Crippen molar-refractivity contribution in [3.63, 3.8) is 0 Å². The van der Waals surface area contributed by atoms with Crippen molar-refractivity contribution in [1.82, 2.24) is 30.4 Å². The molecule has 1 unspecified atom stereocenters. The fraction of sp³-hybridized carbons (Fsp3) is 0.200. The average molecular weight is 477 g/mol. The van der Waals surface area contributed by atoms with Crippen molar-refractivity contribution in [2.75, 3.05) is 20.6 Å². The second kappa shape index (κ2) is 11.0. The number of halogens is 1. The van der Waals surface area contributed by atoms with Crippen molar-refractivity contribution < 1.29 is 9.18 Å². The van der Waals surface area contributed by atoms with Crippen molar-refractivity contribution in [3.8, 4) is 5.69 Å². The van der Waals surface area contributed by atoms with Gasteiger partial charge in [-0.3, -0.25) is 4.79 Å². The van der Waals surface area contributed by atoms with E-state index in [-0.39, 0.29) is 17.8 Å². The molecule has 0 aliphatic carbocycles. The third-order valence-electron chi connectivity index (χ3n) is 5.34. The van der Waals surface area contributed by atoms with E-state index in [1.165, 1.54) is 23.9 Å². The van der Waals surface area contributed by atoms with E-state index in [1.807, 2.05) is 73.6 Å². The molecule has 1 atom stereocenters. The Morgan fingerprint density at radius 1 is 1.06 bits per heavy atom. The summed E-state index contributed by atoms with van der Waals surface area (Å²) >= 11 is 1.50. The van der Waals surface area contributed by atoms with E-state index < -0.39 is 0 Å². The predicted molar refractivity (Wildman–Crippen MR) is 130 cm³/mol. The maximum atomic E-state index is 13.7. The zero-order valence-corrected chi connectivity index (χ0v) is 19.7. The molecule has 0 fully saturated rings. The molecule has 0 saturated heterocycles. The van der Waals surface area contributed by atoms with Crippen molar-refractivity contribution in [2.24, 2.45) is 0 Å². The number of aromatic nitrogens is 4.